The normalized spacial score (nSPS) is 21.3. The first-order chi connectivity index (χ1) is 5.33. The summed E-state index contributed by atoms with van der Waals surface area (Å²) in [6.45, 7) is 4.55. The lowest BCUT2D eigenvalue weighted by Gasteiger charge is -2.26. The van der Waals surface area contributed by atoms with Crippen LogP contribution in [0.25, 0.3) is 0 Å². The van der Waals surface area contributed by atoms with Gasteiger partial charge in [0.05, 0.1) is 6.10 Å². The maximum Gasteiger partial charge on any atom is 0.0633 e. The molecule has 0 aromatic heterocycles. The fourth-order valence-electron chi connectivity index (χ4n) is 0.935. The molecule has 0 bridgehead atoms. The third kappa shape index (κ3) is 3.45. The molecule has 0 spiro atoms. The summed E-state index contributed by atoms with van der Waals surface area (Å²) in [6, 6.07) is 0. The molecule has 11 heavy (non-hydrogen) atoms. The number of hydrogen-bond acceptors (Lipinski definition) is 3. The molecule has 0 aromatic rings. The Hall–Kier alpha value is 0.270. The zero-order valence-electron chi connectivity index (χ0n) is 7.30. The number of rotatable bonds is 5. The first-order valence-corrected chi connectivity index (χ1v) is 5.29. The van der Waals surface area contributed by atoms with Crippen molar-refractivity contribution in [2.75, 3.05) is 31.7 Å². The van der Waals surface area contributed by atoms with Crippen molar-refractivity contribution < 1.29 is 4.74 Å². The molecule has 1 fully saturated rings. The van der Waals surface area contributed by atoms with Crippen LogP contribution in [0.5, 0.6) is 0 Å². The zero-order valence-corrected chi connectivity index (χ0v) is 8.12. The maximum absolute atomic E-state index is 5.15. The maximum atomic E-state index is 5.15. The standard InChI is InChI=1S/C8H17NOS/c1-7(10-2)5-11-6-8-3-9-4-8/h7-9H,3-6H2,1-2H3. The largest absolute Gasteiger partial charge is 0.381 e. The van der Waals surface area contributed by atoms with E-state index in [1.165, 1.54) is 18.8 Å². The van der Waals surface area contributed by atoms with E-state index in [0.717, 1.165) is 11.7 Å². The van der Waals surface area contributed by atoms with Gasteiger partial charge in [-0.1, -0.05) is 0 Å². The molecule has 1 N–H and O–H groups in total. The molecule has 0 amide bonds. The molecular weight excluding hydrogens is 158 g/mol. The molecule has 1 aliphatic rings. The van der Waals surface area contributed by atoms with Gasteiger partial charge in [0.25, 0.3) is 0 Å². The minimum absolute atomic E-state index is 0.410. The first-order valence-electron chi connectivity index (χ1n) is 4.14. The summed E-state index contributed by atoms with van der Waals surface area (Å²) in [5.41, 5.74) is 0. The van der Waals surface area contributed by atoms with Crippen molar-refractivity contribution in [1.29, 1.82) is 0 Å². The highest BCUT2D eigenvalue weighted by molar-refractivity contribution is 7.99. The van der Waals surface area contributed by atoms with Gasteiger partial charge in [-0.05, 0) is 31.7 Å². The van der Waals surface area contributed by atoms with Gasteiger partial charge in [0.1, 0.15) is 0 Å². The highest BCUT2D eigenvalue weighted by atomic mass is 32.2. The van der Waals surface area contributed by atoms with Crippen molar-refractivity contribution in [2.45, 2.75) is 13.0 Å². The summed E-state index contributed by atoms with van der Waals surface area (Å²) < 4.78 is 5.15. The lowest BCUT2D eigenvalue weighted by molar-refractivity contribution is 0.137. The Morgan fingerprint density at radius 3 is 2.82 bits per heavy atom. The molecule has 0 aromatic carbocycles. The summed E-state index contributed by atoms with van der Waals surface area (Å²) >= 11 is 2.00. The first kappa shape index (κ1) is 9.36. The third-order valence-corrected chi connectivity index (χ3v) is 3.39. The number of methoxy groups -OCH3 is 1. The molecule has 2 nitrogen and oxygen atoms in total. The summed E-state index contributed by atoms with van der Waals surface area (Å²) in [6.07, 6.45) is 0.410. The molecule has 0 saturated carbocycles. The van der Waals surface area contributed by atoms with Gasteiger partial charge in [-0.2, -0.15) is 11.8 Å². The van der Waals surface area contributed by atoms with Crippen molar-refractivity contribution in [3.63, 3.8) is 0 Å². The Morgan fingerprint density at radius 1 is 1.64 bits per heavy atom. The van der Waals surface area contributed by atoms with E-state index in [9.17, 15) is 0 Å². The molecule has 1 saturated heterocycles. The Labute approximate surface area is 73.1 Å². The monoisotopic (exact) mass is 175 g/mol. The molecule has 0 radical (unpaired) electrons. The Balaban J connectivity index is 1.86. The quantitative estimate of drug-likeness (QED) is 0.673. The van der Waals surface area contributed by atoms with Crippen LogP contribution < -0.4 is 5.32 Å². The average molecular weight is 175 g/mol. The number of thioether (sulfide) groups is 1. The summed E-state index contributed by atoms with van der Waals surface area (Å²) in [5, 5.41) is 3.27. The van der Waals surface area contributed by atoms with Crippen LogP contribution in [-0.4, -0.2) is 37.8 Å². The van der Waals surface area contributed by atoms with Crippen LogP contribution >= 0.6 is 11.8 Å². The van der Waals surface area contributed by atoms with Gasteiger partial charge in [0.2, 0.25) is 0 Å². The number of hydrogen-bond donors (Lipinski definition) is 1. The second-order valence-electron chi connectivity index (χ2n) is 3.11. The highest BCUT2D eigenvalue weighted by Gasteiger charge is 2.16. The van der Waals surface area contributed by atoms with E-state index in [2.05, 4.69) is 12.2 Å². The smallest absolute Gasteiger partial charge is 0.0633 e. The lowest BCUT2D eigenvalue weighted by Crippen LogP contribution is -2.43. The molecule has 0 aliphatic carbocycles. The van der Waals surface area contributed by atoms with Gasteiger partial charge >= 0.3 is 0 Å². The predicted octanol–water partition coefficient (Wildman–Crippen LogP) is 0.974. The Kier molecular flexibility index (Phi) is 4.26. The van der Waals surface area contributed by atoms with Crippen molar-refractivity contribution in [3.05, 3.63) is 0 Å². The van der Waals surface area contributed by atoms with Crippen LogP contribution in [0, 0.1) is 5.92 Å². The predicted molar refractivity (Wildman–Crippen MR) is 50.2 cm³/mol. The summed E-state index contributed by atoms with van der Waals surface area (Å²) in [4.78, 5) is 0. The third-order valence-electron chi connectivity index (χ3n) is 1.97. The van der Waals surface area contributed by atoms with Crippen LogP contribution in [0.2, 0.25) is 0 Å². The van der Waals surface area contributed by atoms with Gasteiger partial charge in [-0.3, -0.25) is 0 Å². The minimum Gasteiger partial charge on any atom is -0.381 e. The fourth-order valence-corrected chi connectivity index (χ4v) is 2.11. The van der Waals surface area contributed by atoms with Crippen LogP contribution in [0.1, 0.15) is 6.92 Å². The molecule has 1 heterocycles. The molecule has 1 aliphatic heterocycles. The zero-order chi connectivity index (χ0) is 8.10. The highest BCUT2D eigenvalue weighted by Crippen LogP contribution is 2.13. The van der Waals surface area contributed by atoms with Gasteiger partial charge in [0.15, 0.2) is 0 Å². The SMILES string of the molecule is COC(C)CSCC1CNC1. The fraction of sp³-hybridized carbons (Fsp3) is 1.00. The average Bonchev–Trinajstić information content (AvgIpc) is 1.94. The van der Waals surface area contributed by atoms with E-state index in [1.807, 2.05) is 11.8 Å². The molecular formula is C8H17NOS. The van der Waals surface area contributed by atoms with E-state index in [0.29, 0.717) is 6.10 Å². The van der Waals surface area contributed by atoms with Gasteiger partial charge < -0.3 is 10.1 Å². The van der Waals surface area contributed by atoms with E-state index in [-0.39, 0.29) is 0 Å². The Bertz CT molecular complexity index is 102. The van der Waals surface area contributed by atoms with Crippen molar-refractivity contribution in [1.82, 2.24) is 5.32 Å². The molecule has 1 unspecified atom stereocenters. The molecule has 66 valence electrons. The number of nitrogens with one attached hydrogen (secondary N) is 1. The Morgan fingerprint density at radius 2 is 2.36 bits per heavy atom. The van der Waals surface area contributed by atoms with Crippen LogP contribution in [0.15, 0.2) is 0 Å². The van der Waals surface area contributed by atoms with Crippen LogP contribution in [0.3, 0.4) is 0 Å². The van der Waals surface area contributed by atoms with Crippen molar-refractivity contribution in [3.8, 4) is 0 Å². The lowest BCUT2D eigenvalue weighted by atomic mass is 10.1. The van der Waals surface area contributed by atoms with E-state index in [4.69, 9.17) is 4.74 Å². The second-order valence-corrected chi connectivity index (χ2v) is 4.18. The molecule has 1 rings (SSSR count). The van der Waals surface area contributed by atoms with Crippen molar-refractivity contribution >= 4 is 11.8 Å². The van der Waals surface area contributed by atoms with Gasteiger partial charge in [-0.15, -0.1) is 0 Å². The summed E-state index contributed by atoms with van der Waals surface area (Å²) in [5.74, 6) is 3.34. The van der Waals surface area contributed by atoms with E-state index >= 15 is 0 Å². The van der Waals surface area contributed by atoms with Crippen molar-refractivity contribution in [2.24, 2.45) is 5.92 Å². The topological polar surface area (TPSA) is 21.3 Å². The molecule has 3 heteroatoms. The van der Waals surface area contributed by atoms with Crippen LogP contribution in [0.4, 0.5) is 0 Å². The summed E-state index contributed by atoms with van der Waals surface area (Å²) in [7, 11) is 1.77. The second kappa shape index (κ2) is 5.01. The van der Waals surface area contributed by atoms with E-state index in [1.54, 1.807) is 7.11 Å². The van der Waals surface area contributed by atoms with Crippen LogP contribution in [-0.2, 0) is 4.74 Å². The minimum atomic E-state index is 0.410. The van der Waals surface area contributed by atoms with Gasteiger partial charge in [0, 0.05) is 12.9 Å². The van der Waals surface area contributed by atoms with Gasteiger partial charge in [-0.25, -0.2) is 0 Å². The van der Waals surface area contributed by atoms with E-state index < -0.39 is 0 Å². The molecule has 1 atom stereocenters. The number of ether oxygens (including phenoxy) is 1.